The van der Waals surface area contributed by atoms with E-state index in [4.69, 9.17) is 0 Å². The van der Waals surface area contributed by atoms with Crippen LogP contribution in [0.1, 0.15) is 24.7 Å². The van der Waals surface area contributed by atoms with Crippen LogP contribution in [0.5, 0.6) is 0 Å². The zero-order valence-corrected chi connectivity index (χ0v) is 11.6. The van der Waals surface area contributed by atoms with Crippen molar-refractivity contribution in [2.75, 3.05) is 11.9 Å². The topological polar surface area (TPSA) is 16.1 Å². The standard InChI is InChI=1S/C13H19BrN2/c1-10-6-7-16(13(10)8-14)9-12-5-3-4-11(2)15-12/h3-5,10,13H,6-9H2,1-2H3. The van der Waals surface area contributed by atoms with Crippen molar-refractivity contribution in [1.29, 1.82) is 0 Å². The van der Waals surface area contributed by atoms with Gasteiger partial charge in [0.15, 0.2) is 0 Å². The summed E-state index contributed by atoms with van der Waals surface area (Å²) in [6.07, 6.45) is 1.31. The Hall–Kier alpha value is -0.410. The van der Waals surface area contributed by atoms with Crippen molar-refractivity contribution in [1.82, 2.24) is 9.88 Å². The second-order valence-electron chi connectivity index (χ2n) is 4.73. The quantitative estimate of drug-likeness (QED) is 0.793. The predicted octanol–water partition coefficient (Wildman–Crippen LogP) is 3.00. The second kappa shape index (κ2) is 5.28. The zero-order valence-electron chi connectivity index (χ0n) is 9.99. The second-order valence-corrected chi connectivity index (χ2v) is 5.38. The lowest BCUT2D eigenvalue weighted by molar-refractivity contribution is 0.241. The summed E-state index contributed by atoms with van der Waals surface area (Å²) in [7, 11) is 0. The number of nitrogens with zero attached hydrogens (tertiary/aromatic N) is 2. The fraction of sp³-hybridized carbons (Fsp3) is 0.615. The van der Waals surface area contributed by atoms with Crippen LogP contribution in [0.25, 0.3) is 0 Å². The number of aryl methyl sites for hydroxylation is 1. The van der Waals surface area contributed by atoms with Crippen molar-refractivity contribution >= 4 is 15.9 Å². The Morgan fingerprint density at radius 3 is 3.00 bits per heavy atom. The summed E-state index contributed by atoms with van der Waals surface area (Å²) in [4.78, 5) is 7.12. The predicted molar refractivity (Wildman–Crippen MR) is 70.7 cm³/mol. The molecule has 2 heterocycles. The number of alkyl halides is 1. The van der Waals surface area contributed by atoms with Gasteiger partial charge in [-0.05, 0) is 37.9 Å². The molecular weight excluding hydrogens is 264 g/mol. The molecule has 1 aromatic heterocycles. The van der Waals surface area contributed by atoms with Crippen LogP contribution in [0, 0.1) is 12.8 Å². The molecule has 0 spiro atoms. The first kappa shape index (κ1) is 12.1. The summed E-state index contributed by atoms with van der Waals surface area (Å²) in [6, 6.07) is 6.95. The third kappa shape index (κ3) is 2.64. The van der Waals surface area contributed by atoms with Gasteiger partial charge in [-0.2, -0.15) is 0 Å². The van der Waals surface area contributed by atoms with Crippen LogP contribution < -0.4 is 0 Å². The van der Waals surface area contributed by atoms with Crippen LogP contribution in [0.4, 0.5) is 0 Å². The molecule has 2 unspecified atom stereocenters. The molecule has 0 aromatic carbocycles. The summed E-state index contributed by atoms with van der Waals surface area (Å²) in [5, 5.41) is 1.07. The molecule has 16 heavy (non-hydrogen) atoms. The van der Waals surface area contributed by atoms with Gasteiger partial charge < -0.3 is 0 Å². The average Bonchev–Trinajstić information content (AvgIpc) is 2.59. The molecule has 1 saturated heterocycles. The van der Waals surface area contributed by atoms with Gasteiger partial charge in [0.2, 0.25) is 0 Å². The zero-order chi connectivity index (χ0) is 11.5. The monoisotopic (exact) mass is 282 g/mol. The van der Waals surface area contributed by atoms with Crippen molar-refractivity contribution in [2.45, 2.75) is 32.9 Å². The molecule has 2 rings (SSSR count). The Balaban J connectivity index is 2.04. The number of hydrogen-bond donors (Lipinski definition) is 0. The Bertz CT molecular complexity index is 354. The van der Waals surface area contributed by atoms with Crippen molar-refractivity contribution in [3.63, 3.8) is 0 Å². The van der Waals surface area contributed by atoms with Gasteiger partial charge in [0.05, 0.1) is 5.69 Å². The van der Waals surface area contributed by atoms with Gasteiger partial charge in [-0.25, -0.2) is 0 Å². The summed E-state index contributed by atoms with van der Waals surface area (Å²) >= 11 is 3.62. The minimum Gasteiger partial charge on any atom is -0.293 e. The highest BCUT2D eigenvalue weighted by atomic mass is 79.9. The molecule has 0 saturated carbocycles. The van der Waals surface area contributed by atoms with E-state index in [-0.39, 0.29) is 0 Å². The molecule has 88 valence electrons. The molecule has 0 bridgehead atoms. The molecule has 1 aliphatic rings. The normalized spacial score (nSPS) is 26.2. The summed E-state index contributed by atoms with van der Waals surface area (Å²) in [5.41, 5.74) is 2.31. The largest absolute Gasteiger partial charge is 0.293 e. The first-order valence-electron chi connectivity index (χ1n) is 5.93. The first-order valence-corrected chi connectivity index (χ1v) is 7.05. The van der Waals surface area contributed by atoms with Crippen molar-refractivity contribution < 1.29 is 0 Å². The van der Waals surface area contributed by atoms with E-state index in [0.717, 1.165) is 23.5 Å². The highest BCUT2D eigenvalue weighted by Gasteiger charge is 2.30. The number of aromatic nitrogens is 1. The molecule has 1 aromatic rings. The Labute approximate surface area is 106 Å². The van der Waals surface area contributed by atoms with Crippen LogP contribution >= 0.6 is 15.9 Å². The van der Waals surface area contributed by atoms with Gasteiger partial charge in [0.1, 0.15) is 0 Å². The van der Waals surface area contributed by atoms with Crippen molar-refractivity contribution in [3.05, 3.63) is 29.6 Å². The Kier molecular flexibility index (Phi) is 3.98. The lowest BCUT2D eigenvalue weighted by Gasteiger charge is -2.24. The average molecular weight is 283 g/mol. The lowest BCUT2D eigenvalue weighted by Crippen LogP contribution is -2.33. The van der Waals surface area contributed by atoms with Crippen LogP contribution in [0.2, 0.25) is 0 Å². The van der Waals surface area contributed by atoms with Crippen LogP contribution in [0.3, 0.4) is 0 Å². The lowest BCUT2D eigenvalue weighted by atomic mass is 10.1. The molecule has 1 fully saturated rings. The van der Waals surface area contributed by atoms with Gasteiger partial charge in [0.25, 0.3) is 0 Å². The fourth-order valence-corrected chi connectivity index (χ4v) is 3.48. The number of halogens is 1. The van der Waals surface area contributed by atoms with E-state index in [0.29, 0.717) is 6.04 Å². The van der Waals surface area contributed by atoms with E-state index in [1.807, 2.05) is 0 Å². The van der Waals surface area contributed by atoms with Crippen LogP contribution in [-0.4, -0.2) is 27.8 Å². The number of pyridine rings is 1. The first-order chi connectivity index (χ1) is 7.70. The minimum atomic E-state index is 0.669. The third-order valence-electron chi connectivity index (χ3n) is 3.47. The number of hydrogen-bond acceptors (Lipinski definition) is 2. The summed E-state index contributed by atoms with van der Waals surface area (Å²) in [5.74, 6) is 0.796. The third-order valence-corrected chi connectivity index (χ3v) is 4.13. The highest BCUT2D eigenvalue weighted by molar-refractivity contribution is 9.09. The van der Waals surface area contributed by atoms with E-state index in [9.17, 15) is 0 Å². The SMILES string of the molecule is Cc1cccc(CN2CCC(C)C2CBr)n1. The van der Waals surface area contributed by atoms with E-state index < -0.39 is 0 Å². The molecule has 0 aliphatic carbocycles. The molecule has 1 aliphatic heterocycles. The van der Waals surface area contributed by atoms with E-state index >= 15 is 0 Å². The van der Waals surface area contributed by atoms with Gasteiger partial charge in [-0.1, -0.05) is 28.9 Å². The maximum atomic E-state index is 4.57. The Morgan fingerprint density at radius 1 is 1.50 bits per heavy atom. The maximum Gasteiger partial charge on any atom is 0.0547 e. The van der Waals surface area contributed by atoms with Gasteiger partial charge in [-0.15, -0.1) is 0 Å². The molecule has 2 nitrogen and oxygen atoms in total. The van der Waals surface area contributed by atoms with Gasteiger partial charge in [-0.3, -0.25) is 9.88 Å². The molecule has 0 radical (unpaired) electrons. The summed E-state index contributed by atoms with van der Waals surface area (Å²) in [6.45, 7) is 6.59. The van der Waals surface area contributed by atoms with Crippen LogP contribution in [-0.2, 0) is 6.54 Å². The summed E-state index contributed by atoms with van der Waals surface area (Å²) < 4.78 is 0. The van der Waals surface area contributed by atoms with Crippen molar-refractivity contribution in [3.8, 4) is 0 Å². The number of rotatable bonds is 3. The van der Waals surface area contributed by atoms with Crippen LogP contribution in [0.15, 0.2) is 18.2 Å². The molecular formula is C13H19BrN2. The minimum absolute atomic E-state index is 0.669. The van der Waals surface area contributed by atoms with E-state index in [1.54, 1.807) is 0 Å². The molecule has 0 N–H and O–H groups in total. The fourth-order valence-electron chi connectivity index (χ4n) is 2.43. The van der Waals surface area contributed by atoms with E-state index in [1.165, 1.54) is 18.7 Å². The molecule has 3 heteroatoms. The molecule has 0 amide bonds. The molecule has 2 atom stereocenters. The number of likely N-dealkylation sites (tertiary alicyclic amines) is 1. The smallest absolute Gasteiger partial charge is 0.0547 e. The maximum absolute atomic E-state index is 4.57. The van der Waals surface area contributed by atoms with Gasteiger partial charge in [0, 0.05) is 23.6 Å². The Morgan fingerprint density at radius 2 is 2.31 bits per heavy atom. The highest BCUT2D eigenvalue weighted by Crippen LogP contribution is 2.26. The van der Waals surface area contributed by atoms with Gasteiger partial charge >= 0.3 is 0 Å². The van der Waals surface area contributed by atoms with E-state index in [2.05, 4.69) is 57.9 Å². The van der Waals surface area contributed by atoms with Crippen molar-refractivity contribution in [2.24, 2.45) is 5.92 Å².